The zero-order valence-corrected chi connectivity index (χ0v) is 19.4. The third-order valence-corrected chi connectivity index (χ3v) is 4.31. The molecular formula is C20H24ClIN6O. The van der Waals surface area contributed by atoms with E-state index in [4.69, 9.17) is 16.3 Å². The quantitative estimate of drug-likeness (QED) is 0.212. The minimum Gasteiger partial charge on any atom is -0.475 e. The Hall–Kier alpha value is -2.33. The van der Waals surface area contributed by atoms with Crippen LogP contribution in [-0.2, 0) is 6.54 Å². The smallest absolute Gasteiger partial charge is 0.232 e. The number of hydrogen-bond acceptors (Lipinski definition) is 4. The van der Waals surface area contributed by atoms with Crippen molar-refractivity contribution in [1.82, 2.24) is 25.2 Å². The molecule has 0 aliphatic rings. The molecule has 0 saturated carbocycles. The Kier molecular flexibility index (Phi) is 9.20. The maximum atomic E-state index is 6.03. The van der Waals surface area contributed by atoms with Gasteiger partial charge in [0, 0.05) is 20.3 Å². The lowest BCUT2D eigenvalue weighted by molar-refractivity contribution is 0.307. The van der Waals surface area contributed by atoms with Gasteiger partial charge in [0.25, 0.3) is 0 Å². The number of aliphatic imine (C=N–C) groups is 1. The van der Waals surface area contributed by atoms with Crippen LogP contribution in [0.5, 0.6) is 5.88 Å². The Labute approximate surface area is 192 Å². The number of nitrogens with zero attached hydrogens (tertiary/aromatic N) is 4. The molecule has 29 heavy (non-hydrogen) atoms. The number of imidazole rings is 1. The molecule has 2 aromatic heterocycles. The van der Waals surface area contributed by atoms with Crippen molar-refractivity contribution >= 4 is 41.5 Å². The van der Waals surface area contributed by atoms with Gasteiger partial charge in [-0.05, 0) is 17.7 Å². The summed E-state index contributed by atoms with van der Waals surface area (Å²) >= 11 is 6.03. The molecule has 154 valence electrons. The fourth-order valence-corrected chi connectivity index (χ4v) is 2.86. The first kappa shape index (κ1) is 23.0. The van der Waals surface area contributed by atoms with Crippen LogP contribution < -0.4 is 10.1 Å². The van der Waals surface area contributed by atoms with Crippen molar-refractivity contribution in [2.75, 3.05) is 27.2 Å². The van der Waals surface area contributed by atoms with E-state index in [9.17, 15) is 0 Å². The average molecular weight is 527 g/mol. The Balaban J connectivity index is 0.00000300. The molecule has 3 rings (SSSR count). The van der Waals surface area contributed by atoms with Gasteiger partial charge in [-0.2, -0.15) is 0 Å². The first-order chi connectivity index (χ1) is 13.7. The van der Waals surface area contributed by atoms with Gasteiger partial charge in [-0.15, -0.1) is 24.0 Å². The van der Waals surface area contributed by atoms with Gasteiger partial charge in [-0.3, -0.25) is 4.99 Å². The Morgan fingerprint density at radius 2 is 2.00 bits per heavy atom. The highest BCUT2D eigenvalue weighted by molar-refractivity contribution is 14.0. The van der Waals surface area contributed by atoms with E-state index >= 15 is 0 Å². The molecule has 3 aromatic rings. The van der Waals surface area contributed by atoms with Crippen molar-refractivity contribution in [3.63, 3.8) is 0 Å². The van der Waals surface area contributed by atoms with E-state index in [2.05, 4.69) is 37.4 Å². The van der Waals surface area contributed by atoms with Crippen molar-refractivity contribution in [1.29, 1.82) is 0 Å². The molecule has 0 saturated heterocycles. The number of aromatic nitrogens is 3. The predicted molar refractivity (Wildman–Crippen MR) is 127 cm³/mol. The van der Waals surface area contributed by atoms with Crippen molar-refractivity contribution in [3.05, 3.63) is 65.7 Å². The van der Waals surface area contributed by atoms with Gasteiger partial charge in [0.2, 0.25) is 5.88 Å². The molecule has 9 heteroatoms. The lowest BCUT2D eigenvalue weighted by Crippen LogP contribution is -2.40. The number of aromatic amines is 1. The molecule has 0 bridgehead atoms. The molecular weight excluding hydrogens is 503 g/mol. The van der Waals surface area contributed by atoms with Crippen molar-refractivity contribution in [2.24, 2.45) is 4.99 Å². The molecule has 0 atom stereocenters. The molecule has 0 spiro atoms. The molecule has 0 radical (unpaired) electrons. The average Bonchev–Trinajstić information content (AvgIpc) is 3.18. The van der Waals surface area contributed by atoms with Crippen LogP contribution >= 0.6 is 35.6 Å². The number of nitrogens with one attached hydrogen (secondary N) is 2. The molecule has 0 fully saturated rings. The first-order valence-corrected chi connectivity index (χ1v) is 9.29. The number of rotatable bonds is 7. The van der Waals surface area contributed by atoms with Crippen LogP contribution in [0.15, 0.2) is 59.9 Å². The van der Waals surface area contributed by atoms with Gasteiger partial charge in [0.1, 0.15) is 17.5 Å². The van der Waals surface area contributed by atoms with Crippen LogP contribution in [-0.4, -0.2) is 53.1 Å². The van der Waals surface area contributed by atoms with Crippen molar-refractivity contribution in [2.45, 2.75) is 6.54 Å². The first-order valence-electron chi connectivity index (χ1n) is 8.92. The second kappa shape index (κ2) is 11.6. The largest absolute Gasteiger partial charge is 0.475 e. The summed E-state index contributed by atoms with van der Waals surface area (Å²) in [5, 5.41) is 3.75. The summed E-state index contributed by atoms with van der Waals surface area (Å²) in [5.41, 5.74) is 2.10. The number of halogens is 2. The summed E-state index contributed by atoms with van der Waals surface area (Å²) < 4.78 is 5.58. The third kappa shape index (κ3) is 6.60. The minimum absolute atomic E-state index is 0. The maximum Gasteiger partial charge on any atom is 0.232 e. The van der Waals surface area contributed by atoms with E-state index in [1.807, 2.05) is 36.3 Å². The van der Waals surface area contributed by atoms with Crippen LogP contribution in [0.1, 0.15) is 5.82 Å². The summed E-state index contributed by atoms with van der Waals surface area (Å²) in [6.07, 6.45) is 3.49. The Morgan fingerprint density at radius 3 is 2.72 bits per heavy atom. The molecule has 2 N–H and O–H groups in total. The molecule has 2 heterocycles. The van der Waals surface area contributed by atoms with E-state index in [0.717, 1.165) is 23.0 Å². The van der Waals surface area contributed by atoms with Gasteiger partial charge in [0.15, 0.2) is 5.96 Å². The molecule has 0 aliphatic heterocycles. The summed E-state index contributed by atoms with van der Waals surface area (Å²) in [7, 11) is 3.70. The Morgan fingerprint density at radius 1 is 1.21 bits per heavy atom. The van der Waals surface area contributed by atoms with Gasteiger partial charge in [-0.1, -0.05) is 41.9 Å². The second-order valence-corrected chi connectivity index (χ2v) is 6.49. The van der Waals surface area contributed by atoms with Gasteiger partial charge in [0.05, 0.1) is 25.0 Å². The fourth-order valence-electron chi connectivity index (χ4n) is 2.68. The topological polar surface area (TPSA) is 78.4 Å². The van der Waals surface area contributed by atoms with E-state index in [0.29, 0.717) is 30.6 Å². The zero-order chi connectivity index (χ0) is 19.8. The highest BCUT2D eigenvalue weighted by Crippen LogP contribution is 2.19. The number of guanidine groups is 1. The number of H-pyrrole nitrogens is 1. The van der Waals surface area contributed by atoms with Gasteiger partial charge < -0.3 is 19.9 Å². The molecule has 7 nitrogen and oxygen atoms in total. The summed E-state index contributed by atoms with van der Waals surface area (Å²) in [5.74, 6) is 2.03. The molecule has 0 amide bonds. The monoisotopic (exact) mass is 526 g/mol. The number of ether oxygens (including phenoxy) is 1. The number of benzene rings is 1. The fraction of sp³-hybridized carbons (Fsp3) is 0.250. The van der Waals surface area contributed by atoms with Crippen LogP contribution in [0.25, 0.3) is 11.3 Å². The van der Waals surface area contributed by atoms with Gasteiger partial charge >= 0.3 is 0 Å². The summed E-state index contributed by atoms with van der Waals surface area (Å²) in [6.45, 7) is 1.58. The standard InChI is InChI=1S/C20H23ClN6O.HI/c1-22-20(24-11-12-28-19-16(21)9-6-10-23-19)27(2)14-18-25-13-17(26-18)15-7-4-3-5-8-15;/h3-10,13H,11-12,14H2,1-2H3,(H,22,24)(H,25,26);1H. The summed E-state index contributed by atoms with van der Waals surface area (Å²) in [6, 6.07) is 13.6. The normalized spacial score (nSPS) is 10.9. The van der Waals surface area contributed by atoms with Crippen LogP contribution in [0.3, 0.4) is 0 Å². The van der Waals surface area contributed by atoms with Crippen LogP contribution in [0.4, 0.5) is 0 Å². The van der Waals surface area contributed by atoms with E-state index < -0.39 is 0 Å². The molecule has 1 aromatic carbocycles. The lowest BCUT2D eigenvalue weighted by Gasteiger charge is -2.21. The van der Waals surface area contributed by atoms with Crippen LogP contribution in [0, 0.1) is 0 Å². The zero-order valence-electron chi connectivity index (χ0n) is 16.3. The van der Waals surface area contributed by atoms with Crippen LogP contribution in [0.2, 0.25) is 5.02 Å². The minimum atomic E-state index is 0. The second-order valence-electron chi connectivity index (χ2n) is 6.08. The molecule has 0 aliphatic carbocycles. The van der Waals surface area contributed by atoms with Crippen molar-refractivity contribution < 1.29 is 4.74 Å². The van der Waals surface area contributed by atoms with E-state index in [1.54, 1.807) is 25.4 Å². The highest BCUT2D eigenvalue weighted by Gasteiger charge is 2.10. The Bertz CT molecular complexity index is 918. The van der Waals surface area contributed by atoms with E-state index in [-0.39, 0.29) is 24.0 Å². The third-order valence-electron chi connectivity index (χ3n) is 4.02. The SMILES string of the molecule is CN=C(NCCOc1ncccc1Cl)N(C)Cc1ncc(-c2ccccc2)[nH]1.I. The summed E-state index contributed by atoms with van der Waals surface area (Å²) in [4.78, 5) is 18.2. The number of pyridine rings is 1. The maximum absolute atomic E-state index is 6.03. The molecule has 0 unspecified atom stereocenters. The van der Waals surface area contributed by atoms with Crippen molar-refractivity contribution in [3.8, 4) is 17.1 Å². The van der Waals surface area contributed by atoms with E-state index in [1.165, 1.54) is 0 Å². The highest BCUT2D eigenvalue weighted by atomic mass is 127. The van der Waals surface area contributed by atoms with Gasteiger partial charge in [-0.25, -0.2) is 9.97 Å². The predicted octanol–water partition coefficient (Wildman–Crippen LogP) is 3.83. The number of hydrogen-bond donors (Lipinski definition) is 2. The lowest BCUT2D eigenvalue weighted by atomic mass is 10.2.